The number of hydrogen-bond donors (Lipinski definition) is 2. The first kappa shape index (κ1) is 20.7. The van der Waals surface area contributed by atoms with Gasteiger partial charge in [-0.3, -0.25) is 14.4 Å². The van der Waals surface area contributed by atoms with Crippen LogP contribution in [-0.4, -0.2) is 34.7 Å². The fraction of sp³-hybridized carbons (Fsp3) is 0.423. The summed E-state index contributed by atoms with van der Waals surface area (Å²) < 4.78 is 0. The Bertz CT molecular complexity index is 1020. The summed E-state index contributed by atoms with van der Waals surface area (Å²) in [5, 5.41) is 5.93. The average molecular weight is 432 g/mol. The molecule has 1 heterocycles. The Morgan fingerprint density at radius 2 is 1.47 bits per heavy atom. The molecule has 3 amide bonds. The molecule has 2 aliphatic carbocycles. The molecule has 5 rings (SSSR count). The number of likely N-dealkylation sites (tertiary alicyclic amines) is 1. The van der Waals surface area contributed by atoms with Crippen molar-refractivity contribution in [3.63, 3.8) is 0 Å². The van der Waals surface area contributed by atoms with Crippen LogP contribution in [0.25, 0.3) is 0 Å². The number of benzene rings is 2. The summed E-state index contributed by atoms with van der Waals surface area (Å²) in [6, 6.07) is 16.1. The zero-order valence-corrected chi connectivity index (χ0v) is 18.1. The zero-order valence-electron chi connectivity index (χ0n) is 18.1. The van der Waals surface area contributed by atoms with Crippen molar-refractivity contribution >= 4 is 29.1 Å². The minimum atomic E-state index is -0.486. The highest BCUT2D eigenvalue weighted by Crippen LogP contribution is 2.41. The Morgan fingerprint density at radius 1 is 0.781 bits per heavy atom. The van der Waals surface area contributed by atoms with Crippen molar-refractivity contribution in [2.24, 2.45) is 11.8 Å². The first-order valence-corrected chi connectivity index (χ1v) is 11.7. The van der Waals surface area contributed by atoms with Crippen molar-refractivity contribution in [1.29, 1.82) is 0 Å². The quantitative estimate of drug-likeness (QED) is 0.734. The molecule has 0 bridgehead atoms. The predicted octanol–water partition coefficient (Wildman–Crippen LogP) is 4.45. The third-order valence-corrected chi connectivity index (χ3v) is 6.99. The first-order valence-electron chi connectivity index (χ1n) is 11.7. The summed E-state index contributed by atoms with van der Waals surface area (Å²) in [6.45, 7) is 0. The van der Waals surface area contributed by atoms with Gasteiger partial charge in [-0.15, -0.1) is 0 Å². The second-order valence-corrected chi connectivity index (χ2v) is 9.28. The molecule has 0 radical (unpaired) electrons. The van der Waals surface area contributed by atoms with E-state index in [-0.39, 0.29) is 29.7 Å². The molecule has 6 nitrogen and oxygen atoms in total. The van der Waals surface area contributed by atoms with Crippen molar-refractivity contribution in [3.8, 4) is 0 Å². The zero-order chi connectivity index (χ0) is 22.1. The molecule has 3 atom stereocenters. The lowest BCUT2D eigenvalue weighted by molar-refractivity contribution is -0.120. The smallest absolute Gasteiger partial charge is 0.254 e. The monoisotopic (exact) mass is 431 g/mol. The second kappa shape index (κ2) is 8.77. The third-order valence-electron chi connectivity index (χ3n) is 6.99. The topological polar surface area (TPSA) is 78.5 Å². The summed E-state index contributed by atoms with van der Waals surface area (Å²) in [4.78, 5) is 40.7. The molecule has 6 heteroatoms. The number of carbonyl (C=O) groups is 3. The van der Waals surface area contributed by atoms with Gasteiger partial charge in [0.15, 0.2) is 0 Å². The Hall–Kier alpha value is -3.15. The van der Waals surface area contributed by atoms with Crippen LogP contribution in [0.1, 0.15) is 55.3 Å². The lowest BCUT2D eigenvalue weighted by Crippen LogP contribution is -2.47. The van der Waals surface area contributed by atoms with Gasteiger partial charge in [0.2, 0.25) is 11.8 Å². The van der Waals surface area contributed by atoms with Crippen LogP contribution >= 0.6 is 0 Å². The van der Waals surface area contributed by atoms with E-state index in [1.807, 2.05) is 53.4 Å². The van der Waals surface area contributed by atoms with Gasteiger partial charge in [0.25, 0.3) is 5.91 Å². The molecular formula is C26H29N3O3. The molecule has 3 fully saturated rings. The van der Waals surface area contributed by atoms with E-state index in [2.05, 4.69) is 10.6 Å². The number of anilines is 2. The van der Waals surface area contributed by atoms with E-state index in [1.54, 1.807) is 6.07 Å². The van der Waals surface area contributed by atoms with Gasteiger partial charge < -0.3 is 15.5 Å². The van der Waals surface area contributed by atoms with Crippen molar-refractivity contribution < 1.29 is 14.4 Å². The molecule has 0 aromatic heterocycles. The molecule has 32 heavy (non-hydrogen) atoms. The number of hydrogen-bond acceptors (Lipinski definition) is 3. The number of nitrogens with one attached hydrogen (secondary N) is 2. The summed E-state index contributed by atoms with van der Waals surface area (Å²) >= 11 is 0. The molecule has 0 spiro atoms. The first-order chi connectivity index (χ1) is 15.6. The highest BCUT2D eigenvalue weighted by Gasteiger charge is 2.47. The molecule has 2 aromatic rings. The number of rotatable bonds is 5. The van der Waals surface area contributed by atoms with Crippen LogP contribution in [-0.2, 0) is 9.59 Å². The van der Waals surface area contributed by atoms with Gasteiger partial charge >= 0.3 is 0 Å². The van der Waals surface area contributed by atoms with Crippen molar-refractivity contribution in [2.45, 2.75) is 57.0 Å². The predicted molar refractivity (Wildman–Crippen MR) is 123 cm³/mol. The maximum Gasteiger partial charge on any atom is 0.254 e. The Balaban J connectivity index is 1.34. The molecule has 3 unspecified atom stereocenters. The van der Waals surface area contributed by atoms with Crippen LogP contribution in [0.5, 0.6) is 0 Å². The minimum Gasteiger partial charge on any atom is -0.326 e. The maximum atomic E-state index is 13.4. The van der Waals surface area contributed by atoms with Crippen molar-refractivity contribution in [1.82, 2.24) is 4.90 Å². The highest BCUT2D eigenvalue weighted by atomic mass is 16.2. The van der Waals surface area contributed by atoms with Crippen molar-refractivity contribution in [2.75, 3.05) is 10.6 Å². The molecule has 166 valence electrons. The summed E-state index contributed by atoms with van der Waals surface area (Å²) in [5.41, 5.74) is 1.93. The van der Waals surface area contributed by atoms with E-state index in [0.717, 1.165) is 38.5 Å². The Kier molecular flexibility index (Phi) is 5.68. The third kappa shape index (κ3) is 4.27. The van der Waals surface area contributed by atoms with Crippen LogP contribution in [0, 0.1) is 11.8 Å². The van der Waals surface area contributed by atoms with Crippen molar-refractivity contribution in [3.05, 3.63) is 60.2 Å². The SMILES string of the molecule is O=C(Nc1cccc(NC(=O)C2CC3CCCCC3N2C(=O)c2ccccc2)c1)C1CC1. The maximum absolute atomic E-state index is 13.4. The van der Waals surface area contributed by atoms with Crippen LogP contribution in [0.4, 0.5) is 11.4 Å². The summed E-state index contributed by atoms with van der Waals surface area (Å²) in [6.07, 6.45) is 6.86. The van der Waals surface area contributed by atoms with E-state index in [1.165, 1.54) is 0 Å². The van der Waals surface area contributed by atoms with E-state index >= 15 is 0 Å². The van der Waals surface area contributed by atoms with E-state index in [9.17, 15) is 14.4 Å². The van der Waals surface area contributed by atoms with Gasteiger partial charge in [-0.25, -0.2) is 0 Å². The van der Waals surface area contributed by atoms with Crippen LogP contribution in [0.2, 0.25) is 0 Å². The Labute approximate surface area is 188 Å². The molecule has 3 aliphatic rings. The van der Waals surface area contributed by atoms with E-state index < -0.39 is 6.04 Å². The van der Waals surface area contributed by atoms with Gasteiger partial charge in [-0.1, -0.05) is 37.1 Å². The van der Waals surface area contributed by atoms with Crippen LogP contribution in [0.15, 0.2) is 54.6 Å². The van der Waals surface area contributed by atoms with Gasteiger partial charge in [0.05, 0.1) is 0 Å². The van der Waals surface area contributed by atoms with Crippen LogP contribution in [0.3, 0.4) is 0 Å². The van der Waals surface area contributed by atoms with E-state index in [4.69, 9.17) is 0 Å². The van der Waals surface area contributed by atoms with Gasteiger partial charge in [0, 0.05) is 28.9 Å². The Morgan fingerprint density at radius 3 is 2.19 bits per heavy atom. The van der Waals surface area contributed by atoms with Gasteiger partial charge in [0.1, 0.15) is 6.04 Å². The average Bonchev–Trinajstić information content (AvgIpc) is 3.59. The molecule has 2 saturated carbocycles. The van der Waals surface area contributed by atoms with Gasteiger partial charge in [-0.05, 0) is 68.4 Å². The molecule has 1 saturated heterocycles. The summed E-state index contributed by atoms with van der Waals surface area (Å²) in [5.74, 6) is 0.303. The largest absolute Gasteiger partial charge is 0.326 e. The molecule has 2 N–H and O–H groups in total. The number of nitrogens with zero attached hydrogens (tertiary/aromatic N) is 1. The minimum absolute atomic E-state index is 0.0352. The van der Waals surface area contributed by atoms with Crippen LogP contribution < -0.4 is 10.6 Å². The highest BCUT2D eigenvalue weighted by molar-refractivity contribution is 6.02. The number of fused-ring (bicyclic) bond motifs is 1. The number of carbonyl (C=O) groups excluding carboxylic acids is 3. The molecule has 1 aliphatic heterocycles. The normalized spacial score (nSPS) is 24.5. The molecular weight excluding hydrogens is 402 g/mol. The standard InChI is InChI=1S/C26H29N3O3/c30-24(17-13-14-17)27-20-10-6-11-21(16-20)28-25(31)23-15-19-9-4-5-12-22(19)29(23)26(32)18-7-2-1-3-8-18/h1-3,6-8,10-11,16-17,19,22-23H,4-5,9,12-15H2,(H,27,30)(H,28,31). The number of amides is 3. The van der Waals surface area contributed by atoms with Gasteiger partial charge in [-0.2, -0.15) is 0 Å². The lowest BCUT2D eigenvalue weighted by Gasteiger charge is -2.33. The second-order valence-electron chi connectivity index (χ2n) is 9.28. The lowest BCUT2D eigenvalue weighted by atomic mass is 9.84. The fourth-order valence-corrected chi connectivity index (χ4v) is 5.21. The summed E-state index contributed by atoms with van der Waals surface area (Å²) in [7, 11) is 0. The fourth-order valence-electron chi connectivity index (χ4n) is 5.21. The molecule has 2 aromatic carbocycles. The van der Waals surface area contributed by atoms with E-state index in [0.29, 0.717) is 29.3 Å².